The van der Waals surface area contributed by atoms with Gasteiger partial charge < -0.3 is 15.2 Å². The van der Waals surface area contributed by atoms with Crippen molar-refractivity contribution in [2.45, 2.75) is 38.3 Å². The number of carbonyl (C=O) groups is 2. The second kappa shape index (κ2) is 10.6. The summed E-state index contributed by atoms with van der Waals surface area (Å²) in [6.07, 6.45) is 0.306. The summed E-state index contributed by atoms with van der Waals surface area (Å²) in [5, 5.41) is 20.6. The van der Waals surface area contributed by atoms with Crippen molar-refractivity contribution in [1.82, 2.24) is 15.5 Å². The van der Waals surface area contributed by atoms with Gasteiger partial charge in [0.2, 0.25) is 0 Å². The number of amides is 1. The third-order valence-corrected chi connectivity index (χ3v) is 4.05. The smallest absolute Gasteiger partial charge is 0.337 e. The fourth-order valence-electron chi connectivity index (χ4n) is 2.36. The van der Waals surface area contributed by atoms with E-state index in [0.29, 0.717) is 6.42 Å². The van der Waals surface area contributed by atoms with Gasteiger partial charge in [-0.2, -0.15) is 0 Å². The fraction of sp³-hybridized carbons (Fsp3) is 0.368. The minimum atomic E-state index is -1.51. The van der Waals surface area contributed by atoms with Gasteiger partial charge >= 0.3 is 5.97 Å². The van der Waals surface area contributed by atoms with Gasteiger partial charge in [0.1, 0.15) is 0 Å². The first-order valence-electron chi connectivity index (χ1n) is 8.70. The standard InChI is InChI=1S/C19H22ClN3O4/c1-2-3-11-27-19(26)17(24)15(12-13-7-5-4-6-8-13)21-18(25)14-9-10-16(20)23-22-14/h4-10,15,17,24H,2-3,11-12H2,1H3,(H,21,25)/t15-,17-/m1/s1. The number of rotatable bonds is 9. The number of benzene rings is 1. The summed E-state index contributed by atoms with van der Waals surface area (Å²) < 4.78 is 5.08. The number of nitrogens with one attached hydrogen (secondary N) is 1. The molecule has 0 saturated heterocycles. The van der Waals surface area contributed by atoms with Crippen molar-refractivity contribution in [3.8, 4) is 0 Å². The highest BCUT2D eigenvalue weighted by atomic mass is 35.5. The SMILES string of the molecule is CCCCOC(=O)[C@H](O)[C@@H](Cc1ccccc1)NC(=O)c1ccc(Cl)nn1. The number of esters is 1. The Morgan fingerprint density at radius 2 is 1.93 bits per heavy atom. The first-order valence-corrected chi connectivity index (χ1v) is 9.07. The quantitative estimate of drug-likeness (QED) is 0.501. The van der Waals surface area contributed by atoms with Crippen LogP contribution in [0.5, 0.6) is 0 Å². The van der Waals surface area contributed by atoms with Crippen LogP contribution in [-0.4, -0.2) is 45.9 Å². The summed E-state index contributed by atoms with van der Waals surface area (Å²) in [5.41, 5.74) is 0.884. The third kappa shape index (κ3) is 6.62. The molecule has 0 aliphatic carbocycles. The molecular weight excluding hydrogens is 370 g/mol. The van der Waals surface area contributed by atoms with Crippen molar-refractivity contribution in [2.24, 2.45) is 0 Å². The molecule has 2 aromatic rings. The Balaban J connectivity index is 2.11. The van der Waals surface area contributed by atoms with E-state index in [1.807, 2.05) is 37.3 Å². The molecule has 0 aliphatic rings. The van der Waals surface area contributed by atoms with Gasteiger partial charge in [-0.05, 0) is 30.5 Å². The molecular formula is C19H22ClN3O4. The molecule has 0 aliphatic heterocycles. The molecule has 1 aromatic heterocycles. The summed E-state index contributed by atoms with van der Waals surface area (Å²) in [5.74, 6) is -1.34. The van der Waals surface area contributed by atoms with E-state index >= 15 is 0 Å². The van der Waals surface area contributed by atoms with E-state index in [1.165, 1.54) is 12.1 Å². The van der Waals surface area contributed by atoms with Crippen LogP contribution in [0.3, 0.4) is 0 Å². The Kier molecular flexibility index (Phi) is 8.16. The molecule has 0 radical (unpaired) electrons. The zero-order chi connectivity index (χ0) is 19.6. The molecule has 7 nitrogen and oxygen atoms in total. The number of aliphatic hydroxyl groups is 1. The monoisotopic (exact) mass is 391 g/mol. The van der Waals surface area contributed by atoms with Crippen molar-refractivity contribution >= 4 is 23.5 Å². The van der Waals surface area contributed by atoms with Crippen LogP contribution in [0.1, 0.15) is 35.8 Å². The lowest BCUT2D eigenvalue weighted by atomic mass is 10.0. The van der Waals surface area contributed by atoms with E-state index in [0.717, 1.165) is 12.0 Å². The molecule has 2 rings (SSSR count). The summed E-state index contributed by atoms with van der Waals surface area (Å²) in [6.45, 7) is 2.19. The maximum absolute atomic E-state index is 12.4. The predicted molar refractivity (Wildman–Crippen MR) is 100 cm³/mol. The van der Waals surface area contributed by atoms with E-state index in [1.54, 1.807) is 0 Å². The molecule has 2 atom stereocenters. The third-order valence-electron chi connectivity index (χ3n) is 3.84. The maximum Gasteiger partial charge on any atom is 0.337 e. The highest BCUT2D eigenvalue weighted by Gasteiger charge is 2.29. The molecule has 144 valence electrons. The highest BCUT2D eigenvalue weighted by molar-refractivity contribution is 6.29. The number of aliphatic hydroxyl groups excluding tert-OH is 1. The Hall–Kier alpha value is -2.51. The molecule has 27 heavy (non-hydrogen) atoms. The largest absolute Gasteiger partial charge is 0.464 e. The summed E-state index contributed by atoms with van der Waals surface area (Å²) in [7, 11) is 0. The lowest BCUT2D eigenvalue weighted by Gasteiger charge is -2.23. The van der Waals surface area contributed by atoms with Crippen molar-refractivity contribution in [1.29, 1.82) is 0 Å². The lowest BCUT2D eigenvalue weighted by molar-refractivity contribution is -0.155. The fourth-order valence-corrected chi connectivity index (χ4v) is 2.46. The second-order valence-electron chi connectivity index (χ2n) is 5.98. The number of aromatic nitrogens is 2. The maximum atomic E-state index is 12.4. The van der Waals surface area contributed by atoms with E-state index in [9.17, 15) is 14.7 Å². The molecule has 1 aromatic carbocycles. The summed E-state index contributed by atoms with van der Waals surface area (Å²) >= 11 is 5.68. The average molecular weight is 392 g/mol. The van der Waals surface area contributed by atoms with Crippen LogP contribution >= 0.6 is 11.6 Å². The van der Waals surface area contributed by atoms with Gasteiger partial charge in [0.05, 0.1) is 12.6 Å². The molecule has 2 N–H and O–H groups in total. The van der Waals surface area contributed by atoms with Crippen molar-refractivity contribution in [3.63, 3.8) is 0 Å². The van der Waals surface area contributed by atoms with E-state index in [4.69, 9.17) is 16.3 Å². The number of hydrogen-bond acceptors (Lipinski definition) is 6. The number of carbonyl (C=O) groups excluding carboxylic acids is 2. The van der Waals surface area contributed by atoms with E-state index in [-0.39, 0.29) is 23.9 Å². The molecule has 8 heteroatoms. The van der Waals surface area contributed by atoms with Crippen LogP contribution in [-0.2, 0) is 16.0 Å². The number of unbranched alkanes of at least 4 members (excludes halogenated alkanes) is 1. The Labute approximate surface area is 162 Å². The number of nitrogens with zero attached hydrogens (tertiary/aromatic N) is 2. The van der Waals surface area contributed by atoms with Gasteiger partial charge in [-0.15, -0.1) is 10.2 Å². The van der Waals surface area contributed by atoms with E-state index < -0.39 is 24.0 Å². The van der Waals surface area contributed by atoms with Gasteiger partial charge in [0.25, 0.3) is 5.91 Å². The van der Waals surface area contributed by atoms with Crippen LogP contribution in [0.4, 0.5) is 0 Å². The average Bonchev–Trinajstić information content (AvgIpc) is 2.68. The van der Waals surface area contributed by atoms with Gasteiger partial charge in [-0.25, -0.2) is 4.79 Å². The van der Waals surface area contributed by atoms with Gasteiger partial charge in [-0.3, -0.25) is 4.79 Å². The minimum absolute atomic E-state index is 0.0315. The predicted octanol–water partition coefficient (Wildman–Crippen LogP) is 2.18. The molecule has 0 saturated carbocycles. The zero-order valence-corrected chi connectivity index (χ0v) is 15.7. The van der Waals surface area contributed by atoms with Crippen LogP contribution in [0, 0.1) is 0 Å². The second-order valence-corrected chi connectivity index (χ2v) is 6.36. The lowest BCUT2D eigenvalue weighted by Crippen LogP contribution is -2.49. The summed E-state index contributed by atoms with van der Waals surface area (Å²) in [4.78, 5) is 24.6. The minimum Gasteiger partial charge on any atom is -0.464 e. The Morgan fingerprint density at radius 1 is 1.19 bits per heavy atom. The Bertz CT molecular complexity index is 740. The molecule has 1 amide bonds. The van der Waals surface area contributed by atoms with Crippen LogP contribution in [0.15, 0.2) is 42.5 Å². The van der Waals surface area contributed by atoms with Gasteiger partial charge in [0, 0.05) is 0 Å². The van der Waals surface area contributed by atoms with Crippen LogP contribution in [0.25, 0.3) is 0 Å². The molecule has 0 fully saturated rings. The Morgan fingerprint density at radius 3 is 2.56 bits per heavy atom. The van der Waals surface area contributed by atoms with Crippen LogP contribution in [0.2, 0.25) is 5.15 Å². The van der Waals surface area contributed by atoms with Crippen molar-refractivity contribution in [3.05, 3.63) is 58.9 Å². The highest BCUT2D eigenvalue weighted by Crippen LogP contribution is 2.10. The first kappa shape index (κ1) is 20.8. The van der Waals surface area contributed by atoms with E-state index in [2.05, 4.69) is 15.5 Å². The van der Waals surface area contributed by atoms with Gasteiger partial charge in [-0.1, -0.05) is 55.3 Å². The van der Waals surface area contributed by atoms with Crippen molar-refractivity contribution < 1.29 is 19.4 Å². The summed E-state index contributed by atoms with van der Waals surface area (Å²) in [6, 6.07) is 11.2. The topological polar surface area (TPSA) is 101 Å². The van der Waals surface area contributed by atoms with Gasteiger partial charge in [0.15, 0.2) is 17.0 Å². The molecule has 0 bridgehead atoms. The van der Waals surface area contributed by atoms with Crippen molar-refractivity contribution in [2.75, 3.05) is 6.61 Å². The first-order chi connectivity index (χ1) is 13.0. The number of ether oxygens (including phenoxy) is 1. The molecule has 0 spiro atoms. The molecule has 1 heterocycles. The number of hydrogen-bond donors (Lipinski definition) is 2. The number of halogens is 1. The zero-order valence-electron chi connectivity index (χ0n) is 15.0. The van der Waals surface area contributed by atoms with Crippen LogP contribution < -0.4 is 5.32 Å². The normalized spacial score (nSPS) is 12.9. The molecule has 0 unspecified atom stereocenters.